The second-order valence-electron chi connectivity index (χ2n) is 16.1. The largest absolute Gasteiger partial charge is 0.494 e. The molecule has 66 heavy (non-hydrogen) atoms. The number of hydrogen-bond donors (Lipinski definition) is 2. The van der Waals surface area contributed by atoms with Crippen molar-refractivity contribution in [2.45, 2.75) is 51.4 Å². The summed E-state index contributed by atoms with van der Waals surface area (Å²) in [7, 11) is 0. The lowest BCUT2D eigenvalue weighted by molar-refractivity contribution is -0.138. The number of aliphatic carboxylic acids is 2. The molecule has 2 aliphatic rings. The number of aromatic nitrogens is 2. The van der Waals surface area contributed by atoms with Gasteiger partial charge in [0, 0.05) is 53.9 Å². The maximum Gasteiger partial charge on any atom is 0.303 e. The molecule has 10 heteroatoms. The summed E-state index contributed by atoms with van der Waals surface area (Å²) in [6.07, 6.45) is 13.3. The van der Waals surface area contributed by atoms with Gasteiger partial charge in [0.25, 0.3) is 0 Å². The van der Waals surface area contributed by atoms with Crippen LogP contribution in [0.25, 0.3) is 87.6 Å². The van der Waals surface area contributed by atoms with Crippen molar-refractivity contribution in [2.75, 3.05) is 13.2 Å². The van der Waals surface area contributed by atoms with Gasteiger partial charge < -0.3 is 19.7 Å². The summed E-state index contributed by atoms with van der Waals surface area (Å²) in [5, 5.41) is 18.0. The highest BCUT2D eigenvalue weighted by Crippen LogP contribution is 2.43. The lowest BCUT2D eigenvalue weighted by atomic mass is 10.0. The molecule has 8 bridgehead atoms. The van der Waals surface area contributed by atoms with Crippen LogP contribution in [0.3, 0.4) is 0 Å². The second kappa shape index (κ2) is 20.8. The van der Waals surface area contributed by atoms with E-state index >= 15 is 0 Å². The van der Waals surface area contributed by atoms with Gasteiger partial charge in [-0.15, -0.1) is 22.7 Å². The number of rotatable bonds is 18. The molecule has 0 unspecified atom stereocenters. The third kappa shape index (κ3) is 10.4. The zero-order valence-corrected chi connectivity index (χ0v) is 38.0. The molecular formula is C56H48N2O6S2. The Hall–Kier alpha value is -7.14. The van der Waals surface area contributed by atoms with Crippen molar-refractivity contribution in [1.82, 2.24) is 9.97 Å². The third-order valence-corrected chi connectivity index (χ3v) is 13.8. The van der Waals surface area contributed by atoms with Crippen LogP contribution in [0, 0.1) is 0 Å². The van der Waals surface area contributed by atoms with Crippen LogP contribution in [0.2, 0.25) is 0 Å². The van der Waals surface area contributed by atoms with Gasteiger partial charge in [0.1, 0.15) is 11.5 Å². The van der Waals surface area contributed by atoms with E-state index in [-0.39, 0.29) is 12.8 Å². The van der Waals surface area contributed by atoms with Crippen LogP contribution in [0.1, 0.15) is 74.1 Å². The van der Waals surface area contributed by atoms with Gasteiger partial charge in [0.15, 0.2) is 0 Å². The summed E-state index contributed by atoms with van der Waals surface area (Å²) in [6.45, 7) is 1.03. The normalized spacial score (nSPS) is 11.8. The van der Waals surface area contributed by atoms with E-state index in [0.717, 1.165) is 123 Å². The molecule has 0 spiro atoms. The van der Waals surface area contributed by atoms with Gasteiger partial charge in [-0.1, -0.05) is 84.9 Å². The number of fused-ring (bicyclic) bond motifs is 8. The second-order valence-corrected chi connectivity index (χ2v) is 18.3. The number of hydrogen-bond acceptors (Lipinski definition) is 8. The number of carboxylic acids is 2. The number of benzene rings is 4. The molecule has 330 valence electrons. The fourth-order valence-corrected chi connectivity index (χ4v) is 10.6. The van der Waals surface area contributed by atoms with Crippen LogP contribution < -0.4 is 9.47 Å². The van der Waals surface area contributed by atoms with Crippen LogP contribution in [-0.2, 0) is 9.59 Å². The first-order valence-corrected chi connectivity index (χ1v) is 24.0. The van der Waals surface area contributed by atoms with Crippen LogP contribution in [0.4, 0.5) is 0 Å². The van der Waals surface area contributed by atoms with Gasteiger partial charge in [-0.3, -0.25) is 9.59 Å². The molecule has 4 aromatic carbocycles. The molecule has 9 rings (SSSR count). The van der Waals surface area contributed by atoms with Crippen molar-refractivity contribution in [3.8, 4) is 56.0 Å². The Morgan fingerprint density at radius 3 is 1.03 bits per heavy atom. The first-order valence-electron chi connectivity index (χ1n) is 22.4. The Morgan fingerprint density at radius 2 is 0.712 bits per heavy atom. The average molecular weight is 909 g/mol. The van der Waals surface area contributed by atoms with E-state index in [1.165, 1.54) is 0 Å². The smallest absolute Gasteiger partial charge is 0.303 e. The van der Waals surface area contributed by atoms with E-state index < -0.39 is 11.9 Å². The molecule has 5 heterocycles. The van der Waals surface area contributed by atoms with E-state index in [9.17, 15) is 9.59 Å². The summed E-state index contributed by atoms with van der Waals surface area (Å²) < 4.78 is 16.5. The van der Waals surface area contributed by atoms with Gasteiger partial charge in [0.2, 0.25) is 0 Å². The van der Waals surface area contributed by atoms with Crippen molar-refractivity contribution in [2.24, 2.45) is 0 Å². The van der Waals surface area contributed by atoms with E-state index in [1.807, 2.05) is 36.4 Å². The summed E-state index contributed by atoms with van der Waals surface area (Å²) in [6, 6.07) is 46.1. The molecule has 0 atom stereocenters. The highest BCUT2D eigenvalue weighted by molar-refractivity contribution is 7.24. The highest BCUT2D eigenvalue weighted by atomic mass is 32.1. The van der Waals surface area contributed by atoms with Crippen LogP contribution in [0.5, 0.6) is 11.5 Å². The summed E-state index contributed by atoms with van der Waals surface area (Å²) in [4.78, 5) is 32.8. The minimum absolute atomic E-state index is 0.173. The Balaban J connectivity index is 1.21. The predicted octanol–water partition coefficient (Wildman–Crippen LogP) is 14.8. The lowest BCUT2D eigenvalue weighted by Gasteiger charge is -2.09. The Labute approximate surface area is 391 Å². The molecule has 2 aliphatic heterocycles. The van der Waals surface area contributed by atoms with Crippen molar-refractivity contribution in [3.05, 3.63) is 156 Å². The Bertz CT molecular complexity index is 2880. The van der Waals surface area contributed by atoms with Crippen LogP contribution >= 0.6 is 22.7 Å². The fraction of sp³-hybridized carbons (Fsp3) is 0.179. The van der Waals surface area contributed by atoms with E-state index in [4.69, 9.17) is 29.7 Å². The molecule has 8 nitrogen and oxygen atoms in total. The molecular weight excluding hydrogens is 861 g/mol. The minimum Gasteiger partial charge on any atom is -0.494 e. The fourth-order valence-electron chi connectivity index (χ4n) is 8.30. The molecule has 2 N–H and O–H groups in total. The summed E-state index contributed by atoms with van der Waals surface area (Å²) >= 11 is 3.45. The molecule has 0 radical (unpaired) electrons. The molecule has 0 saturated heterocycles. The molecule has 0 fully saturated rings. The maximum atomic E-state index is 10.9. The van der Waals surface area contributed by atoms with Gasteiger partial charge in [-0.25, -0.2) is 9.97 Å². The summed E-state index contributed by atoms with van der Waals surface area (Å²) in [5.74, 6) is -0.0249. The molecule has 0 saturated carbocycles. The zero-order chi connectivity index (χ0) is 45.2. The first-order chi connectivity index (χ1) is 32.4. The van der Waals surface area contributed by atoms with Gasteiger partial charge in [0.05, 0.1) is 36.0 Å². The van der Waals surface area contributed by atoms with Gasteiger partial charge >= 0.3 is 11.9 Å². The van der Waals surface area contributed by atoms with Crippen molar-refractivity contribution in [3.63, 3.8) is 0 Å². The van der Waals surface area contributed by atoms with Crippen molar-refractivity contribution >= 4 is 77.7 Å². The van der Waals surface area contributed by atoms with Crippen LogP contribution in [0.15, 0.2) is 133 Å². The highest BCUT2D eigenvalue weighted by Gasteiger charge is 2.19. The van der Waals surface area contributed by atoms with E-state index in [1.54, 1.807) is 22.7 Å². The number of unbranched alkanes of at least 4 members (excludes halogenated alkanes) is 4. The average Bonchev–Trinajstić information content (AvgIpc) is 4.19. The molecule has 7 aromatic rings. The Kier molecular flexibility index (Phi) is 13.9. The molecule has 0 amide bonds. The minimum atomic E-state index is -0.770. The standard InChI is InChI=1S/C56H48N2O6S2/c59-51(60)17-9-3-11-35-63-41-23-19-39(20-24-41)55-45-29-27-43(57-45)53(37-13-5-1-6-14-37)47-31-32-48(65-47)54(38-15-7-2-8-16-38)44-28-30-46(58-44)56(50-34-33-49(55)66-50)40-21-25-42(26-22-40)64-36-12-4-10-18-52(61)62/h1-2,5-8,13-16,19-34H,3-4,9-12,17-18,35-36H2,(H,59,60)(H,61,62). The topological polar surface area (TPSA) is 119 Å². The van der Waals surface area contributed by atoms with E-state index in [0.29, 0.717) is 26.1 Å². The maximum absolute atomic E-state index is 10.9. The van der Waals surface area contributed by atoms with Gasteiger partial charge in [-0.05, 0) is 134 Å². The quantitative estimate of drug-likeness (QED) is 0.0817. The third-order valence-electron chi connectivity index (χ3n) is 11.5. The predicted molar refractivity (Wildman–Crippen MR) is 271 cm³/mol. The molecule has 3 aromatic heterocycles. The zero-order valence-electron chi connectivity index (χ0n) is 36.3. The lowest BCUT2D eigenvalue weighted by Crippen LogP contribution is -1.99. The van der Waals surface area contributed by atoms with E-state index in [2.05, 4.69) is 121 Å². The summed E-state index contributed by atoms with van der Waals surface area (Å²) in [5.41, 5.74) is 11.8. The number of ether oxygens (including phenoxy) is 2. The first kappa shape index (κ1) is 44.1. The number of nitrogens with zero attached hydrogens (tertiary/aromatic N) is 2. The van der Waals surface area contributed by atoms with Crippen molar-refractivity contribution < 1.29 is 29.3 Å². The monoisotopic (exact) mass is 908 g/mol. The number of carboxylic acid groups (broad SMARTS) is 2. The molecule has 0 aliphatic carbocycles. The SMILES string of the molecule is O=C(O)CCCCCOc1ccc(-c2c3nc(c(-c4ccccc4)c4ccc(s4)c(-c4ccccc4)c4nc(c(-c5ccc(OCCCCCC(=O)O)cc5)c5ccc2s5)C=C4)C=C3)cc1. The van der Waals surface area contributed by atoms with Crippen LogP contribution in [-0.4, -0.2) is 45.3 Å². The van der Waals surface area contributed by atoms with Gasteiger partial charge in [-0.2, -0.15) is 0 Å². The number of thiophene rings is 2. The number of carbonyl (C=O) groups is 2. The van der Waals surface area contributed by atoms with Crippen molar-refractivity contribution in [1.29, 1.82) is 0 Å². The Morgan fingerprint density at radius 1 is 0.394 bits per heavy atom.